The number of nitro benzene ring substituents is 1. The summed E-state index contributed by atoms with van der Waals surface area (Å²) in [5.74, 6) is 0.323. The third-order valence-electron chi connectivity index (χ3n) is 3.80. The SMILES string of the molecule is CC(CCN1CCC(O)CC1)Oc1ccccc1[N+](=O)[O-]. The minimum Gasteiger partial charge on any atom is -0.484 e. The Labute approximate surface area is 124 Å². The van der Waals surface area contributed by atoms with Gasteiger partial charge in [-0.1, -0.05) is 12.1 Å². The number of nitro groups is 1. The first-order chi connectivity index (χ1) is 10.1. The van der Waals surface area contributed by atoms with Crippen LogP contribution in [0.2, 0.25) is 0 Å². The maximum absolute atomic E-state index is 10.9. The van der Waals surface area contributed by atoms with Gasteiger partial charge in [-0.05, 0) is 32.3 Å². The second kappa shape index (κ2) is 7.38. The maximum atomic E-state index is 10.9. The normalized spacial score (nSPS) is 18.4. The fourth-order valence-corrected chi connectivity index (χ4v) is 2.49. The third kappa shape index (κ3) is 4.68. The molecule has 0 bridgehead atoms. The van der Waals surface area contributed by atoms with Gasteiger partial charge in [0.2, 0.25) is 0 Å². The first kappa shape index (κ1) is 15.7. The number of piperidine rings is 1. The van der Waals surface area contributed by atoms with Crippen molar-refractivity contribution in [3.63, 3.8) is 0 Å². The molecule has 1 saturated heterocycles. The van der Waals surface area contributed by atoms with E-state index in [1.165, 1.54) is 6.07 Å². The number of benzene rings is 1. The molecule has 1 aromatic rings. The van der Waals surface area contributed by atoms with Gasteiger partial charge in [-0.2, -0.15) is 0 Å². The lowest BCUT2D eigenvalue weighted by atomic mass is 10.1. The van der Waals surface area contributed by atoms with Gasteiger partial charge >= 0.3 is 5.69 Å². The Morgan fingerprint density at radius 1 is 1.43 bits per heavy atom. The van der Waals surface area contributed by atoms with Crippen LogP contribution in [0.5, 0.6) is 5.75 Å². The molecule has 116 valence electrons. The second-order valence-electron chi connectivity index (χ2n) is 5.51. The maximum Gasteiger partial charge on any atom is 0.310 e. The van der Waals surface area contributed by atoms with Crippen molar-refractivity contribution in [1.82, 2.24) is 4.90 Å². The van der Waals surface area contributed by atoms with Crippen molar-refractivity contribution < 1.29 is 14.8 Å². The van der Waals surface area contributed by atoms with Crippen LogP contribution < -0.4 is 4.74 Å². The smallest absolute Gasteiger partial charge is 0.310 e. The molecular weight excluding hydrogens is 272 g/mol. The fourth-order valence-electron chi connectivity index (χ4n) is 2.49. The molecule has 1 aliphatic rings. The molecule has 0 saturated carbocycles. The highest BCUT2D eigenvalue weighted by atomic mass is 16.6. The fraction of sp³-hybridized carbons (Fsp3) is 0.600. The number of para-hydroxylation sites is 2. The van der Waals surface area contributed by atoms with Crippen molar-refractivity contribution in [3.05, 3.63) is 34.4 Å². The molecule has 1 aliphatic heterocycles. The number of ether oxygens (including phenoxy) is 1. The van der Waals surface area contributed by atoms with Gasteiger partial charge in [0.25, 0.3) is 0 Å². The lowest BCUT2D eigenvalue weighted by Crippen LogP contribution is -2.37. The van der Waals surface area contributed by atoms with Crippen molar-refractivity contribution in [2.24, 2.45) is 0 Å². The molecule has 0 aromatic heterocycles. The van der Waals surface area contributed by atoms with E-state index in [0.29, 0.717) is 5.75 Å². The minimum absolute atomic E-state index is 0.00504. The van der Waals surface area contributed by atoms with Crippen molar-refractivity contribution in [2.45, 2.75) is 38.4 Å². The number of nitrogens with zero attached hydrogens (tertiary/aromatic N) is 2. The van der Waals surface area contributed by atoms with E-state index in [9.17, 15) is 15.2 Å². The quantitative estimate of drug-likeness (QED) is 0.643. The van der Waals surface area contributed by atoms with Gasteiger partial charge in [-0.3, -0.25) is 10.1 Å². The summed E-state index contributed by atoms with van der Waals surface area (Å²) < 4.78 is 5.70. The predicted octanol–water partition coefficient (Wildman–Crippen LogP) is 2.21. The largest absolute Gasteiger partial charge is 0.484 e. The van der Waals surface area contributed by atoms with Crippen LogP contribution in [0.3, 0.4) is 0 Å². The van der Waals surface area contributed by atoms with E-state index in [1.54, 1.807) is 18.2 Å². The Kier molecular flexibility index (Phi) is 5.52. The Balaban J connectivity index is 1.82. The molecule has 0 spiro atoms. The molecular formula is C15H22N2O4. The summed E-state index contributed by atoms with van der Waals surface area (Å²) >= 11 is 0. The first-order valence-electron chi connectivity index (χ1n) is 7.36. The van der Waals surface area contributed by atoms with Gasteiger partial charge in [0.15, 0.2) is 5.75 Å². The number of aliphatic hydroxyl groups excluding tert-OH is 1. The third-order valence-corrected chi connectivity index (χ3v) is 3.80. The summed E-state index contributed by atoms with van der Waals surface area (Å²) in [5, 5.41) is 20.4. The molecule has 0 amide bonds. The molecule has 1 N–H and O–H groups in total. The van der Waals surface area contributed by atoms with Gasteiger partial charge in [-0.25, -0.2) is 0 Å². The highest BCUT2D eigenvalue weighted by Gasteiger charge is 2.19. The molecule has 1 atom stereocenters. The van der Waals surface area contributed by atoms with E-state index in [0.717, 1.165) is 38.9 Å². The molecule has 6 heteroatoms. The monoisotopic (exact) mass is 294 g/mol. The Bertz CT molecular complexity index is 472. The number of hydrogen-bond acceptors (Lipinski definition) is 5. The van der Waals surface area contributed by atoms with Crippen LogP contribution in [-0.2, 0) is 0 Å². The van der Waals surface area contributed by atoms with Gasteiger partial charge in [-0.15, -0.1) is 0 Å². The zero-order valence-corrected chi connectivity index (χ0v) is 12.3. The molecule has 2 rings (SSSR count). The number of likely N-dealkylation sites (tertiary alicyclic amines) is 1. The first-order valence-corrected chi connectivity index (χ1v) is 7.36. The Hall–Kier alpha value is -1.66. The molecule has 6 nitrogen and oxygen atoms in total. The lowest BCUT2D eigenvalue weighted by Gasteiger charge is -2.30. The van der Waals surface area contributed by atoms with Crippen LogP contribution in [0.1, 0.15) is 26.2 Å². The average molecular weight is 294 g/mol. The lowest BCUT2D eigenvalue weighted by molar-refractivity contribution is -0.386. The second-order valence-corrected chi connectivity index (χ2v) is 5.51. The van der Waals surface area contributed by atoms with Crippen molar-refractivity contribution in [1.29, 1.82) is 0 Å². The zero-order valence-electron chi connectivity index (χ0n) is 12.3. The van der Waals surface area contributed by atoms with E-state index in [2.05, 4.69) is 4.90 Å². The van der Waals surface area contributed by atoms with E-state index < -0.39 is 4.92 Å². The summed E-state index contributed by atoms with van der Waals surface area (Å²) in [6.07, 6.45) is 2.20. The molecule has 21 heavy (non-hydrogen) atoms. The Morgan fingerprint density at radius 2 is 2.10 bits per heavy atom. The topological polar surface area (TPSA) is 75.8 Å². The summed E-state index contributed by atoms with van der Waals surface area (Å²) in [4.78, 5) is 12.8. The van der Waals surface area contributed by atoms with Crippen LogP contribution in [0.15, 0.2) is 24.3 Å². The summed E-state index contributed by atoms with van der Waals surface area (Å²) in [6, 6.07) is 6.45. The van der Waals surface area contributed by atoms with E-state index in [4.69, 9.17) is 4.74 Å². The van der Waals surface area contributed by atoms with Crippen LogP contribution in [-0.4, -0.2) is 46.8 Å². The highest BCUT2D eigenvalue weighted by molar-refractivity contribution is 5.45. The number of aliphatic hydroxyl groups is 1. The standard InChI is InChI=1S/C15H22N2O4/c1-12(6-9-16-10-7-13(18)8-11-16)21-15-5-3-2-4-14(15)17(19)20/h2-5,12-13,18H,6-11H2,1H3. The predicted molar refractivity (Wildman–Crippen MR) is 79.5 cm³/mol. The molecule has 1 heterocycles. The van der Waals surface area contributed by atoms with Crippen LogP contribution in [0, 0.1) is 10.1 Å². The van der Waals surface area contributed by atoms with E-state index in [1.807, 2.05) is 6.92 Å². The van der Waals surface area contributed by atoms with Crippen LogP contribution in [0.25, 0.3) is 0 Å². The van der Waals surface area contributed by atoms with E-state index in [-0.39, 0.29) is 17.9 Å². The highest BCUT2D eigenvalue weighted by Crippen LogP contribution is 2.27. The van der Waals surface area contributed by atoms with Crippen molar-refractivity contribution in [3.8, 4) is 5.75 Å². The number of hydrogen-bond donors (Lipinski definition) is 1. The molecule has 1 unspecified atom stereocenters. The molecule has 0 aliphatic carbocycles. The summed E-state index contributed by atoms with van der Waals surface area (Å²) in [5.41, 5.74) is 0.00504. The van der Waals surface area contributed by atoms with Gasteiger partial charge in [0.1, 0.15) is 0 Å². The molecule has 0 radical (unpaired) electrons. The van der Waals surface area contributed by atoms with E-state index >= 15 is 0 Å². The summed E-state index contributed by atoms with van der Waals surface area (Å²) in [7, 11) is 0. The Morgan fingerprint density at radius 3 is 2.76 bits per heavy atom. The summed E-state index contributed by atoms with van der Waals surface area (Å²) in [6.45, 7) is 4.61. The van der Waals surface area contributed by atoms with Gasteiger partial charge < -0.3 is 14.7 Å². The van der Waals surface area contributed by atoms with Gasteiger partial charge in [0.05, 0.1) is 17.1 Å². The van der Waals surface area contributed by atoms with Crippen molar-refractivity contribution >= 4 is 5.69 Å². The molecule has 1 aromatic carbocycles. The average Bonchev–Trinajstić information content (AvgIpc) is 2.47. The molecule has 1 fully saturated rings. The van der Waals surface area contributed by atoms with Crippen LogP contribution >= 0.6 is 0 Å². The number of rotatable bonds is 6. The zero-order chi connectivity index (χ0) is 15.2. The van der Waals surface area contributed by atoms with Gasteiger partial charge in [0, 0.05) is 25.7 Å². The van der Waals surface area contributed by atoms with Crippen molar-refractivity contribution in [2.75, 3.05) is 19.6 Å². The van der Waals surface area contributed by atoms with Crippen LogP contribution in [0.4, 0.5) is 5.69 Å². The minimum atomic E-state index is -0.423.